The monoisotopic (exact) mass is 229 g/mol. The van der Waals surface area contributed by atoms with Crippen molar-refractivity contribution in [1.82, 2.24) is 10.2 Å². The molecule has 0 saturated heterocycles. The van der Waals surface area contributed by atoms with Crippen molar-refractivity contribution in [2.24, 2.45) is 0 Å². The molecule has 0 fully saturated rings. The van der Waals surface area contributed by atoms with Gasteiger partial charge in [0.25, 0.3) is 0 Å². The molecule has 0 aliphatic carbocycles. The molecule has 4 heteroatoms. The minimum Gasteiger partial charge on any atom is -0.311 e. The molecule has 1 aromatic carbocycles. The van der Waals surface area contributed by atoms with Crippen LogP contribution in [0.15, 0.2) is 42.6 Å². The van der Waals surface area contributed by atoms with Gasteiger partial charge in [0.1, 0.15) is 5.82 Å². The standard InChI is InChI=1S/C13H15N3O/c1-2-11(10-6-4-3-5-7-10)13(17)15-12-8-9-14-16-12/h3-9,11H,2H2,1H3,(H2,14,15,16,17). The highest BCUT2D eigenvalue weighted by molar-refractivity contribution is 5.95. The van der Waals surface area contributed by atoms with Crippen LogP contribution in [0, 0.1) is 0 Å². The highest BCUT2D eigenvalue weighted by atomic mass is 16.1. The van der Waals surface area contributed by atoms with Crippen LogP contribution >= 0.6 is 0 Å². The Kier molecular flexibility index (Phi) is 3.55. The number of H-pyrrole nitrogens is 1. The van der Waals surface area contributed by atoms with Gasteiger partial charge in [0.05, 0.1) is 12.1 Å². The van der Waals surface area contributed by atoms with Gasteiger partial charge < -0.3 is 5.32 Å². The van der Waals surface area contributed by atoms with Gasteiger partial charge in [-0.05, 0) is 12.0 Å². The van der Waals surface area contributed by atoms with Gasteiger partial charge in [0.15, 0.2) is 0 Å². The SMILES string of the molecule is CCC(C(=O)Nc1ccn[nH]1)c1ccccc1. The highest BCUT2D eigenvalue weighted by Gasteiger charge is 2.18. The van der Waals surface area contributed by atoms with Crippen molar-refractivity contribution < 1.29 is 4.79 Å². The molecule has 0 bridgehead atoms. The van der Waals surface area contributed by atoms with Crippen LogP contribution in [0.3, 0.4) is 0 Å². The Hall–Kier alpha value is -2.10. The second kappa shape index (κ2) is 5.30. The molecule has 0 spiro atoms. The molecule has 17 heavy (non-hydrogen) atoms. The molecule has 2 rings (SSSR count). The van der Waals surface area contributed by atoms with E-state index in [4.69, 9.17) is 0 Å². The maximum absolute atomic E-state index is 12.1. The molecule has 88 valence electrons. The lowest BCUT2D eigenvalue weighted by molar-refractivity contribution is -0.117. The van der Waals surface area contributed by atoms with Crippen LogP contribution in [-0.4, -0.2) is 16.1 Å². The van der Waals surface area contributed by atoms with E-state index in [1.807, 2.05) is 37.3 Å². The van der Waals surface area contributed by atoms with Crippen LogP contribution in [0.5, 0.6) is 0 Å². The molecular weight excluding hydrogens is 214 g/mol. The fourth-order valence-electron chi connectivity index (χ4n) is 1.80. The summed E-state index contributed by atoms with van der Waals surface area (Å²) >= 11 is 0. The zero-order valence-electron chi connectivity index (χ0n) is 9.68. The summed E-state index contributed by atoms with van der Waals surface area (Å²) in [4.78, 5) is 12.1. The summed E-state index contributed by atoms with van der Waals surface area (Å²) in [6.45, 7) is 2.00. The lowest BCUT2D eigenvalue weighted by atomic mass is 9.96. The molecule has 1 heterocycles. The summed E-state index contributed by atoms with van der Waals surface area (Å²) in [5.74, 6) is 0.492. The molecule has 2 N–H and O–H groups in total. The van der Waals surface area contributed by atoms with Crippen molar-refractivity contribution in [1.29, 1.82) is 0 Å². The topological polar surface area (TPSA) is 57.8 Å². The third-order valence-electron chi connectivity index (χ3n) is 2.69. The summed E-state index contributed by atoms with van der Waals surface area (Å²) in [6, 6.07) is 11.5. The number of carbonyl (C=O) groups excluding carboxylic acids is 1. The fraction of sp³-hybridized carbons (Fsp3) is 0.231. The number of carbonyl (C=O) groups is 1. The Morgan fingerprint density at radius 2 is 2.12 bits per heavy atom. The number of benzene rings is 1. The smallest absolute Gasteiger partial charge is 0.233 e. The van der Waals surface area contributed by atoms with Crippen molar-refractivity contribution in [3.8, 4) is 0 Å². The molecule has 4 nitrogen and oxygen atoms in total. The molecule has 1 amide bonds. The Balaban J connectivity index is 2.11. The van der Waals surface area contributed by atoms with E-state index in [0.717, 1.165) is 12.0 Å². The first kappa shape index (κ1) is 11.4. The van der Waals surface area contributed by atoms with Crippen molar-refractivity contribution in [3.05, 3.63) is 48.2 Å². The number of aromatic nitrogens is 2. The van der Waals surface area contributed by atoms with E-state index in [2.05, 4.69) is 15.5 Å². The van der Waals surface area contributed by atoms with E-state index >= 15 is 0 Å². The number of hydrogen-bond donors (Lipinski definition) is 2. The van der Waals surface area contributed by atoms with Crippen LogP contribution in [0.4, 0.5) is 5.82 Å². The summed E-state index contributed by atoms with van der Waals surface area (Å²) < 4.78 is 0. The van der Waals surface area contributed by atoms with E-state index in [1.165, 1.54) is 0 Å². The largest absolute Gasteiger partial charge is 0.311 e. The van der Waals surface area contributed by atoms with Gasteiger partial charge in [-0.1, -0.05) is 37.3 Å². The predicted octanol–water partition coefficient (Wildman–Crippen LogP) is 2.54. The Labute approximate surface area is 100 Å². The minimum atomic E-state index is -0.125. The van der Waals surface area contributed by atoms with Gasteiger partial charge in [0.2, 0.25) is 5.91 Å². The van der Waals surface area contributed by atoms with Gasteiger partial charge in [-0.3, -0.25) is 9.89 Å². The quantitative estimate of drug-likeness (QED) is 0.846. The van der Waals surface area contributed by atoms with Crippen LogP contribution in [0.25, 0.3) is 0 Å². The lowest BCUT2D eigenvalue weighted by Crippen LogP contribution is -2.20. The van der Waals surface area contributed by atoms with E-state index < -0.39 is 0 Å². The zero-order valence-corrected chi connectivity index (χ0v) is 9.68. The van der Waals surface area contributed by atoms with E-state index in [0.29, 0.717) is 5.82 Å². The summed E-state index contributed by atoms with van der Waals surface area (Å²) in [7, 11) is 0. The summed E-state index contributed by atoms with van der Waals surface area (Å²) in [5.41, 5.74) is 1.03. The number of nitrogens with zero attached hydrogens (tertiary/aromatic N) is 1. The second-order valence-electron chi connectivity index (χ2n) is 3.83. The molecule has 0 aliphatic heterocycles. The molecule has 0 aliphatic rings. The number of nitrogens with one attached hydrogen (secondary N) is 2. The first-order valence-electron chi connectivity index (χ1n) is 5.66. The number of hydrogen-bond acceptors (Lipinski definition) is 2. The average molecular weight is 229 g/mol. The molecule has 0 radical (unpaired) electrons. The minimum absolute atomic E-state index is 0.0112. The van der Waals surface area contributed by atoms with E-state index in [1.54, 1.807) is 12.3 Å². The summed E-state index contributed by atoms with van der Waals surface area (Å²) in [5, 5.41) is 9.32. The number of rotatable bonds is 4. The number of aromatic amines is 1. The fourth-order valence-corrected chi connectivity index (χ4v) is 1.80. The number of anilines is 1. The van der Waals surface area contributed by atoms with Crippen LogP contribution < -0.4 is 5.32 Å². The van der Waals surface area contributed by atoms with Gasteiger partial charge in [0, 0.05) is 6.07 Å². The first-order chi connectivity index (χ1) is 8.31. The Morgan fingerprint density at radius 1 is 1.35 bits per heavy atom. The van der Waals surface area contributed by atoms with E-state index in [9.17, 15) is 4.79 Å². The number of amides is 1. The summed E-state index contributed by atoms with van der Waals surface area (Å²) in [6.07, 6.45) is 2.38. The normalized spacial score (nSPS) is 12.1. The molecule has 1 unspecified atom stereocenters. The van der Waals surface area contributed by atoms with Crippen LogP contribution in [0.1, 0.15) is 24.8 Å². The van der Waals surface area contributed by atoms with Crippen molar-refractivity contribution >= 4 is 11.7 Å². The average Bonchev–Trinajstić information content (AvgIpc) is 2.84. The molecular formula is C13H15N3O. The Morgan fingerprint density at radius 3 is 2.71 bits per heavy atom. The van der Waals surface area contributed by atoms with Gasteiger partial charge in [-0.15, -0.1) is 0 Å². The first-order valence-corrected chi connectivity index (χ1v) is 5.66. The van der Waals surface area contributed by atoms with Gasteiger partial charge in [-0.2, -0.15) is 5.10 Å². The van der Waals surface area contributed by atoms with Crippen molar-refractivity contribution in [2.75, 3.05) is 5.32 Å². The van der Waals surface area contributed by atoms with Crippen LogP contribution in [-0.2, 0) is 4.79 Å². The molecule has 1 atom stereocenters. The van der Waals surface area contributed by atoms with E-state index in [-0.39, 0.29) is 11.8 Å². The van der Waals surface area contributed by atoms with Gasteiger partial charge in [-0.25, -0.2) is 0 Å². The van der Waals surface area contributed by atoms with Crippen molar-refractivity contribution in [2.45, 2.75) is 19.3 Å². The molecule has 2 aromatic rings. The second-order valence-corrected chi connectivity index (χ2v) is 3.83. The lowest BCUT2D eigenvalue weighted by Gasteiger charge is -2.14. The third kappa shape index (κ3) is 2.72. The zero-order chi connectivity index (χ0) is 12.1. The maximum atomic E-state index is 12.1. The third-order valence-corrected chi connectivity index (χ3v) is 2.69. The van der Waals surface area contributed by atoms with Crippen molar-refractivity contribution in [3.63, 3.8) is 0 Å². The molecule has 1 aromatic heterocycles. The highest BCUT2D eigenvalue weighted by Crippen LogP contribution is 2.20. The molecule has 0 saturated carbocycles. The Bertz CT molecular complexity index is 465. The van der Waals surface area contributed by atoms with Crippen LogP contribution in [0.2, 0.25) is 0 Å². The maximum Gasteiger partial charge on any atom is 0.233 e. The van der Waals surface area contributed by atoms with Gasteiger partial charge >= 0.3 is 0 Å². The predicted molar refractivity (Wildman–Crippen MR) is 66.7 cm³/mol.